The molecule has 0 aliphatic carbocycles. The highest BCUT2D eigenvalue weighted by molar-refractivity contribution is 5.73. The summed E-state index contributed by atoms with van der Waals surface area (Å²) in [7, 11) is 0. The Hall–Kier alpha value is -2.86. The first kappa shape index (κ1) is 19.2. The minimum absolute atomic E-state index is 0.187. The molecule has 0 atom stereocenters. The van der Waals surface area contributed by atoms with Gasteiger partial charge in [-0.2, -0.15) is 23.3 Å². The van der Waals surface area contributed by atoms with Crippen molar-refractivity contribution in [3.05, 3.63) is 22.2 Å². The Balaban J connectivity index is 0.000000351. The maximum atomic E-state index is 10.8. The molecule has 0 saturated carbocycles. The van der Waals surface area contributed by atoms with Crippen LogP contribution in [0.4, 0.5) is 19.1 Å². The van der Waals surface area contributed by atoms with Crippen LogP contribution in [0.3, 0.4) is 0 Å². The molecule has 0 aromatic carbocycles. The fraction of sp³-hybridized carbons (Fsp3) is 0.545. The molecule has 13 heteroatoms. The van der Waals surface area contributed by atoms with Crippen molar-refractivity contribution in [1.29, 1.82) is 0 Å². The zero-order chi connectivity index (χ0) is 18.5. The third-order valence-corrected chi connectivity index (χ3v) is 2.27. The van der Waals surface area contributed by atoms with E-state index in [0.717, 1.165) is 0 Å². The van der Waals surface area contributed by atoms with E-state index in [9.17, 15) is 18.0 Å². The summed E-state index contributed by atoms with van der Waals surface area (Å²) < 4.78 is 36.8. The summed E-state index contributed by atoms with van der Waals surface area (Å²) >= 11 is 0. The summed E-state index contributed by atoms with van der Waals surface area (Å²) in [6, 6.07) is 0. The summed E-state index contributed by atoms with van der Waals surface area (Å²) in [6.07, 6.45) is -5.08. The van der Waals surface area contributed by atoms with E-state index in [4.69, 9.17) is 14.4 Å². The number of halogens is 3. The fourth-order valence-corrected chi connectivity index (χ4v) is 1.15. The van der Waals surface area contributed by atoms with E-state index in [0.29, 0.717) is 24.2 Å². The van der Waals surface area contributed by atoms with Crippen LogP contribution in [0, 0.1) is 0 Å². The number of nitrogens with zero attached hydrogens (tertiary/aromatic N) is 3. The first-order valence-electron chi connectivity index (χ1n) is 6.41. The number of aromatic nitrogens is 5. The Labute approximate surface area is 132 Å². The summed E-state index contributed by atoms with van der Waals surface area (Å²) in [4.78, 5) is 26.4. The lowest BCUT2D eigenvalue weighted by Crippen LogP contribution is -2.21. The fourth-order valence-electron chi connectivity index (χ4n) is 1.15. The Bertz CT molecular complexity index is 727. The van der Waals surface area contributed by atoms with Gasteiger partial charge in [0.05, 0.1) is 6.54 Å². The van der Waals surface area contributed by atoms with Crippen molar-refractivity contribution in [3.63, 3.8) is 0 Å². The number of nitrogens with one attached hydrogen (secondary N) is 3. The molecule has 10 nitrogen and oxygen atoms in total. The van der Waals surface area contributed by atoms with E-state index in [1.807, 2.05) is 20.8 Å². The maximum Gasteiger partial charge on any atom is 0.490 e. The van der Waals surface area contributed by atoms with Gasteiger partial charge in [-0.05, 0) is 5.16 Å². The molecule has 4 N–H and O–H groups in total. The Kier molecular flexibility index (Phi) is 5.71. The largest absolute Gasteiger partial charge is 0.490 e. The topological polar surface area (TPSA) is 150 Å². The smallest absolute Gasteiger partial charge is 0.475 e. The molecular formula is C11H15F3N6O4. The Morgan fingerprint density at radius 2 is 1.92 bits per heavy atom. The summed E-state index contributed by atoms with van der Waals surface area (Å²) in [5.74, 6) is -1.35. The standard InChI is InChI=1S/C9H14N6O2.C2HF3O2/c1-9(2,3)6-12-7(15-17-6)10-4-5-11-8(16)14-13-5;3-2(4,5)1(6)7/h4H2,1-3H3,(H,10,15)(H2,11,13,14,16);(H,6,7). The molecule has 2 aromatic rings. The van der Waals surface area contributed by atoms with Crippen LogP contribution in [-0.4, -0.2) is 42.6 Å². The lowest BCUT2D eigenvalue weighted by Gasteiger charge is -2.10. The minimum atomic E-state index is -5.08. The summed E-state index contributed by atoms with van der Waals surface area (Å²) in [5.41, 5.74) is -0.529. The lowest BCUT2D eigenvalue weighted by molar-refractivity contribution is -0.192. The molecule has 0 unspecified atom stereocenters. The number of hydrogen-bond donors (Lipinski definition) is 4. The molecule has 0 amide bonds. The molecular weight excluding hydrogens is 337 g/mol. The predicted octanol–water partition coefficient (Wildman–Crippen LogP) is 1.02. The molecule has 0 aliphatic rings. The van der Waals surface area contributed by atoms with Gasteiger partial charge in [-0.25, -0.2) is 14.7 Å². The zero-order valence-electron chi connectivity index (χ0n) is 12.9. The van der Waals surface area contributed by atoms with Crippen LogP contribution in [0.15, 0.2) is 9.32 Å². The van der Waals surface area contributed by atoms with Crippen LogP contribution >= 0.6 is 0 Å². The number of anilines is 1. The average molecular weight is 352 g/mol. The minimum Gasteiger partial charge on any atom is -0.475 e. The molecule has 2 aromatic heterocycles. The molecule has 0 spiro atoms. The molecule has 0 bridgehead atoms. The lowest BCUT2D eigenvalue weighted by atomic mass is 9.97. The predicted molar refractivity (Wildman–Crippen MR) is 73.2 cm³/mol. The van der Waals surface area contributed by atoms with Crippen LogP contribution in [0.5, 0.6) is 0 Å². The molecule has 2 rings (SSSR count). The van der Waals surface area contributed by atoms with Crippen LogP contribution < -0.4 is 11.0 Å². The average Bonchev–Trinajstić information content (AvgIpc) is 3.04. The number of rotatable bonds is 3. The van der Waals surface area contributed by atoms with Gasteiger partial charge in [0.2, 0.25) is 5.89 Å². The number of hydrogen-bond acceptors (Lipinski definition) is 7. The second kappa shape index (κ2) is 7.14. The van der Waals surface area contributed by atoms with Gasteiger partial charge in [0.1, 0.15) is 5.82 Å². The van der Waals surface area contributed by atoms with Crippen LogP contribution in [0.2, 0.25) is 0 Å². The van der Waals surface area contributed by atoms with Crippen molar-refractivity contribution < 1.29 is 27.6 Å². The maximum absolute atomic E-state index is 10.8. The molecule has 0 radical (unpaired) electrons. The molecule has 24 heavy (non-hydrogen) atoms. The van der Waals surface area contributed by atoms with Gasteiger partial charge < -0.3 is 14.9 Å². The number of H-pyrrole nitrogens is 2. The van der Waals surface area contributed by atoms with Crippen LogP contribution in [0.1, 0.15) is 32.5 Å². The first-order valence-corrected chi connectivity index (χ1v) is 6.41. The molecule has 0 fully saturated rings. The van der Waals surface area contributed by atoms with Crippen molar-refractivity contribution in [2.45, 2.75) is 38.9 Å². The number of aliphatic carboxylic acids is 1. The monoisotopic (exact) mass is 352 g/mol. The zero-order valence-corrected chi connectivity index (χ0v) is 12.9. The van der Waals surface area contributed by atoms with Crippen LogP contribution in [0.25, 0.3) is 0 Å². The number of carbonyl (C=O) groups is 1. The molecule has 0 aliphatic heterocycles. The molecule has 0 saturated heterocycles. The Morgan fingerprint density at radius 3 is 2.29 bits per heavy atom. The third kappa shape index (κ3) is 6.10. The van der Waals surface area contributed by atoms with Gasteiger partial charge in [0.15, 0.2) is 0 Å². The van der Waals surface area contributed by atoms with E-state index in [2.05, 4.69) is 30.6 Å². The van der Waals surface area contributed by atoms with Gasteiger partial charge in [-0.15, -0.1) is 0 Å². The van der Waals surface area contributed by atoms with E-state index in [1.54, 1.807) is 0 Å². The van der Waals surface area contributed by atoms with Crippen molar-refractivity contribution >= 4 is 11.9 Å². The van der Waals surface area contributed by atoms with Crippen molar-refractivity contribution in [2.24, 2.45) is 0 Å². The van der Waals surface area contributed by atoms with E-state index in [1.165, 1.54) is 0 Å². The summed E-state index contributed by atoms with van der Waals surface area (Å²) in [5, 5.41) is 19.8. The van der Waals surface area contributed by atoms with E-state index < -0.39 is 12.1 Å². The SMILES string of the molecule is CC(C)(C)c1nc(NCc2n[nH]c(=O)[nH]2)no1.O=C(O)C(F)(F)F. The molecule has 134 valence electrons. The second-order valence-corrected chi connectivity index (χ2v) is 5.45. The highest BCUT2D eigenvalue weighted by atomic mass is 19.4. The van der Waals surface area contributed by atoms with Gasteiger partial charge in [-0.3, -0.25) is 4.98 Å². The van der Waals surface area contributed by atoms with E-state index in [-0.39, 0.29) is 11.1 Å². The van der Waals surface area contributed by atoms with Crippen molar-refractivity contribution in [2.75, 3.05) is 5.32 Å². The highest BCUT2D eigenvalue weighted by Crippen LogP contribution is 2.20. The van der Waals surface area contributed by atoms with Crippen molar-refractivity contribution in [1.82, 2.24) is 25.3 Å². The van der Waals surface area contributed by atoms with Gasteiger partial charge in [0.25, 0.3) is 5.95 Å². The second-order valence-electron chi connectivity index (χ2n) is 5.45. The number of carboxylic acids is 1. The number of aromatic amines is 2. The normalized spacial score (nSPS) is 11.6. The first-order chi connectivity index (χ1) is 10.9. The van der Waals surface area contributed by atoms with Crippen molar-refractivity contribution in [3.8, 4) is 0 Å². The summed E-state index contributed by atoms with van der Waals surface area (Å²) in [6.45, 7) is 6.27. The number of carboxylic acid groups (broad SMARTS) is 1. The number of alkyl halides is 3. The highest BCUT2D eigenvalue weighted by Gasteiger charge is 2.38. The molecule has 2 heterocycles. The Morgan fingerprint density at radius 1 is 1.33 bits per heavy atom. The quantitative estimate of drug-likeness (QED) is 0.639. The third-order valence-electron chi connectivity index (χ3n) is 2.27. The van der Waals surface area contributed by atoms with Gasteiger partial charge in [-0.1, -0.05) is 20.8 Å². The van der Waals surface area contributed by atoms with Crippen LogP contribution in [-0.2, 0) is 16.8 Å². The van der Waals surface area contributed by atoms with Gasteiger partial charge in [0, 0.05) is 5.41 Å². The van der Waals surface area contributed by atoms with E-state index >= 15 is 0 Å². The van der Waals surface area contributed by atoms with Gasteiger partial charge >= 0.3 is 17.8 Å².